The molecule has 2 amide bonds. The highest BCUT2D eigenvalue weighted by molar-refractivity contribution is 6.10. The van der Waals surface area contributed by atoms with Gasteiger partial charge in [0.1, 0.15) is 0 Å². The quantitative estimate of drug-likeness (QED) is 0.344. The van der Waals surface area contributed by atoms with Crippen LogP contribution in [0, 0.1) is 6.92 Å². The van der Waals surface area contributed by atoms with Crippen LogP contribution >= 0.6 is 0 Å². The van der Waals surface area contributed by atoms with E-state index in [0.717, 1.165) is 22.4 Å². The zero-order valence-electron chi connectivity index (χ0n) is 24.2. The largest absolute Gasteiger partial charge is 0.324 e. The van der Waals surface area contributed by atoms with E-state index in [-0.39, 0.29) is 17.9 Å². The molecule has 196 valence electrons. The highest BCUT2D eigenvalue weighted by Gasteiger charge is 2.36. The molecule has 0 saturated heterocycles. The topological polar surface area (TPSA) is 40.6 Å². The second-order valence-electron chi connectivity index (χ2n) is 7.19. The number of ketones is 1. The predicted molar refractivity (Wildman–Crippen MR) is 156 cm³/mol. The van der Waals surface area contributed by atoms with Gasteiger partial charge in [0, 0.05) is 30.8 Å². The average molecular weight is 491 g/mol. The fourth-order valence-corrected chi connectivity index (χ4v) is 4.05. The fraction of sp³-hybridized carbons (Fsp3) is 0.375. The zero-order valence-corrected chi connectivity index (χ0v) is 24.2. The Morgan fingerprint density at radius 2 is 1.17 bits per heavy atom. The number of hydrogen-bond donors (Lipinski definition) is 0. The van der Waals surface area contributed by atoms with E-state index in [1.807, 2.05) is 135 Å². The van der Waals surface area contributed by atoms with Gasteiger partial charge in [-0.2, -0.15) is 0 Å². The van der Waals surface area contributed by atoms with Crippen LogP contribution in [0.5, 0.6) is 0 Å². The number of aryl methyl sites for hydroxylation is 1. The van der Waals surface area contributed by atoms with Crippen molar-refractivity contribution >= 4 is 17.5 Å². The third-order valence-electron chi connectivity index (χ3n) is 5.35. The summed E-state index contributed by atoms with van der Waals surface area (Å²) in [7, 11) is 3.59. The number of anilines is 1. The Bertz CT molecular complexity index is 1050. The third kappa shape index (κ3) is 7.30. The van der Waals surface area contributed by atoms with E-state index in [9.17, 15) is 9.59 Å². The van der Waals surface area contributed by atoms with Gasteiger partial charge in [0.25, 0.3) is 0 Å². The molecule has 4 nitrogen and oxygen atoms in total. The molecule has 3 aromatic carbocycles. The third-order valence-corrected chi connectivity index (χ3v) is 5.35. The first-order chi connectivity index (χ1) is 17.5. The molecule has 3 aromatic rings. The summed E-state index contributed by atoms with van der Waals surface area (Å²) in [4.78, 5) is 29.3. The van der Waals surface area contributed by atoms with Crippen LogP contribution in [0.2, 0.25) is 0 Å². The van der Waals surface area contributed by atoms with Crippen molar-refractivity contribution in [3.63, 3.8) is 0 Å². The molecule has 4 heteroatoms. The van der Waals surface area contributed by atoms with Gasteiger partial charge in [-0.3, -0.25) is 9.69 Å². The van der Waals surface area contributed by atoms with Gasteiger partial charge in [0.05, 0.1) is 11.7 Å². The van der Waals surface area contributed by atoms with Gasteiger partial charge >= 0.3 is 6.03 Å². The smallest absolute Gasteiger partial charge is 0.316 e. The lowest BCUT2D eigenvalue weighted by molar-refractivity contribution is 0.103. The van der Waals surface area contributed by atoms with E-state index in [1.165, 1.54) is 0 Å². The maximum atomic E-state index is 13.1. The molecule has 1 unspecified atom stereocenters. The Hall–Kier alpha value is -3.40. The molecule has 0 spiro atoms. The van der Waals surface area contributed by atoms with Crippen LogP contribution in [-0.2, 0) is 0 Å². The summed E-state index contributed by atoms with van der Waals surface area (Å²) in [6.45, 7) is 18.0. The van der Waals surface area contributed by atoms with E-state index < -0.39 is 0 Å². The summed E-state index contributed by atoms with van der Waals surface area (Å²) in [6, 6.07) is 22.7. The van der Waals surface area contributed by atoms with Crippen molar-refractivity contribution in [2.75, 3.05) is 19.0 Å². The lowest BCUT2D eigenvalue weighted by Crippen LogP contribution is -2.46. The van der Waals surface area contributed by atoms with Gasteiger partial charge in [0.15, 0.2) is 5.78 Å². The van der Waals surface area contributed by atoms with E-state index in [0.29, 0.717) is 11.1 Å². The molecule has 1 heterocycles. The van der Waals surface area contributed by atoms with Crippen molar-refractivity contribution in [1.29, 1.82) is 0 Å². The number of urea groups is 1. The summed E-state index contributed by atoms with van der Waals surface area (Å²) < 4.78 is 0. The van der Waals surface area contributed by atoms with Gasteiger partial charge < -0.3 is 4.90 Å². The van der Waals surface area contributed by atoms with E-state index in [1.54, 1.807) is 23.9 Å². The molecule has 4 rings (SSSR count). The molecule has 1 atom stereocenters. The van der Waals surface area contributed by atoms with Crippen LogP contribution in [0.4, 0.5) is 10.5 Å². The van der Waals surface area contributed by atoms with Crippen LogP contribution < -0.4 is 4.90 Å². The van der Waals surface area contributed by atoms with Crippen molar-refractivity contribution in [1.82, 2.24) is 4.90 Å². The predicted octanol–water partition coefficient (Wildman–Crippen LogP) is 8.92. The maximum absolute atomic E-state index is 13.1. The highest BCUT2D eigenvalue weighted by Crippen LogP contribution is 2.41. The van der Waals surface area contributed by atoms with Gasteiger partial charge in [0.2, 0.25) is 0 Å². The molecule has 0 fully saturated rings. The summed E-state index contributed by atoms with van der Waals surface area (Å²) in [5, 5.41) is 0. The molecule has 0 radical (unpaired) electrons. The Labute approximate surface area is 220 Å². The minimum Gasteiger partial charge on any atom is -0.316 e. The van der Waals surface area contributed by atoms with Gasteiger partial charge in [-0.15, -0.1) is 0 Å². The number of fused-ring (bicyclic) bond motifs is 1. The molecule has 1 aliphatic heterocycles. The standard InChI is InChI=1S/C24H22N2O2.4C2H6/c1-16-14-19(23(27)18-12-8-5-9-13-18)15-20-21(16)25(2)24(28)26(3)22(20)17-10-6-4-7-11-17;4*1-2/h4-15,22H,1-3H3;4*1-2H3. The Balaban J connectivity index is 0.00000140. The van der Waals surface area contributed by atoms with Crippen LogP contribution in [0.15, 0.2) is 72.8 Å². The Morgan fingerprint density at radius 1 is 0.694 bits per heavy atom. The molecule has 0 aliphatic carbocycles. The van der Waals surface area contributed by atoms with Gasteiger partial charge in [-0.25, -0.2) is 4.79 Å². The molecule has 36 heavy (non-hydrogen) atoms. The van der Waals surface area contributed by atoms with Crippen molar-refractivity contribution in [2.45, 2.75) is 68.4 Å². The maximum Gasteiger partial charge on any atom is 0.324 e. The minimum atomic E-state index is -0.234. The van der Waals surface area contributed by atoms with Gasteiger partial charge in [-0.05, 0) is 30.2 Å². The first kappa shape index (κ1) is 32.6. The molecular formula is C32H46N2O2. The normalized spacial score (nSPS) is 13.2. The molecule has 0 bridgehead atoms. The lowest BCUT2D eigenvalue weighted by Gasteiger charge is -2.40. The van der Waals surface area contributed by atoms with E-state index in [4.69, 9.17) is 0 Å². The number of nitrogens with zero attached hydrogens (tertiary/aromatic N) is 2. The van der Waals surface area contributed by atoms with Crippen LogP contribution in [0.25, 0.3) is 0 Å². The highest BCUT2D eigenvalue weighted by atomic mass is 16.2. The van der Waals surface area contributed by atoms with Crippen molar-refractivity contribution in [3.05, 3.63) is 101 Å². The monoisotopic (exact) mass is 490 g/mol. The number of rotatable bonds is 3. The van der Waals surface area contributed by atoms with Crippen LogP contribution in [0.1, 0.15) is 94.0 Å². The zero-order chi connectivity index (χ0) is 27.8. The summed E-state index contributed by atoms with van der Waals surface area (Å²) in [5.74, 6) is -0.0134. The minimum absolute atomic E-state index is 0.0134. The van der Waals surface area contributed by atoms with E-state index >= 15 is 0 Å². The molecule has 0 saturated carbocycles. The second-order valence-corrected chi connectivity index (χ2v) is 7.19. The number of amides is 2. The second kappa shape index (κ2) is 17.1. The van der Waals surface area contributed by atoms with Crippen molar-refractivity contribution in [2.24, 2.45) is 0 Å². The molecule has 0 N–H and O–H groups in total. The molecule has 1 aliphatic rings. The van der Waals surface area contributed by atoms with E-state index in [2.05, 4.69) is 0 Å². The van der Waals surface area contributed by atoms with Crippen molar-refractivity contribution < 1.29 is 9.59 Å². The average Bonchev–Trinajstić information content (AvgIpc) is 2.96. The summed E-state index contributed by atoms with van der Waals surface area (Å²) in [5.41, 5.74) is 5.08. The van der Waals surface area contributed by atoms with Crippen LogP contribution in [0.3, 0.4) is 0 Å². The van der Waals surface area contributed by atoms with Crippen molar-refractivity contribution in [3.8, 4) is 0 Å². The summed E-state index contributed by atoms with van der Waals surface area (Å²) >= 11 is 0. The number of benzene rings is 3. The summed E-state index contributed by atoms with van der Waals surface area (Å²) in [6.07, 6.45) is 0. The Morgan fingerprint density at radius 3 is 1.67 bits per heavy atom. The lowest BCUT2D eigenvalue weighted by atomic mass is 9.88. The first-order valence-electron chi connectivity index (χ1n) is 13.3. The number of hydrogen-bond acceptors (Lipinski definition) is 2. The SMILES string of the molecule is CC.CC.CC.CC.Cc1cc(C(=O)c2ccccc2)cc2c1N(C)C(=O)N(C)C2c1ccccc1. The van der Waals surface area contributed by atoms with Gasteiger partial charge in [-0.1, -0.05) is 116 Å². The number of carbonyl (C=O) groups excluding carboxylic acids is 2. The molecular weight excluding hydrogens is 444 g/mol. The molecule has 0 aromatic heterocycles. The Kier molecular flexibility index (Phi) is 15.5. The number of carbonyl (C=O) groups is 2. The first-order valence-corrected chi connectivity index (χ1v) is 13.3. The van der Waals surface area contributed by atoms with Crippen LogP contribution in [-0.4, -0.2) is 30.8 Å². The fourth-order valence-electron chi connectivity index (χ4n) is 4.05.